The molecule has 0 aromatic rings. The van der Waals surface area contributed by atoms with E-state index in [4.69, 9.17) is 24.4 Å². The zero-order valence-electron chi connectivity index (χ0n) is 11.0. The maximum atomic E-state index is 12.0. The highest BCUT2D eigenvalue weighted by atomic mass is 32.2. The maximum Gasteiger partial charge on any atom is 0.239 e. The van der Waals surface area contributed by atoms with Crippen LogP contribution in [0, 0.1) is 5.92 Å². The minimum Gasteiger partial charge on any atom is -0.311 e. The van der Waals surface area contributed by atoms with Crippen LogP contribution in [-0.4, -0.2) is 31.0 Å². The first kappa shape index (κ1) is 16.2. The fourth-order valence-electron chi connectivity index (χ4n) is 2.40. The molecule has 0 radical (unpaired) electrons. The van der Waals surface area contributed by atoms with E-state index in [-0.39, 0.29) is 28.2 Å². The Kier molecular flexibility index (Phi) is 5.83. The van der Waals surface area contributed by atoms with Crippen molar-refractivity contribution in [1.29, 1.82) is 0 Å². The second kappa shape index (κ2) is 7.20. The lowest BCUT2D eigenvalue weighted by molar-refractivity contribution is -0.121. The van der Waals surface area contributed by atoms with Gasteiger partial charge in [-0.05, 0) is 6.42 Å². The van der Waals surface area contributed by atoms with E-state index in [1.807, 2.05) is 0 Å². The summed E-state index contributed by atoms with van der Waals surface area (Å²) in [4.78, 5) is 24.0. The molecule has 8 heteroatoms. The first-order chi connectivity index (χ1) is 9.52. The molecule has 2 saturated heterocycles. The monoisotopic (exact) mass is 348 g/mol. The fourth-order valence-corrected chi connectivity index (χ4v) is 5.37. The van der Waals surface area contributed by atoms with Crippen LogP contribution in [0.2, 0.25) is 0 Å². The molecule has 110 valence electrons. The third kappa shape index (κ3) is 3.72. The second-order valence-electron chi connectivity index (χ2n) is 4.79. The van der Waals surface area contributed by atoms with Crippen LogP contribution >= 0.6 is 48.0 Å². The van der Waals surface area contributed by atoms with Crippen LogP contribution in [0.4, 0.5) is 0 Å². The van der Waals surface area contributed by atoms with E-state index in [9.17, 15) is 9.59 Å². The number of nitrogens with one attached hydrogen (secondary N) is 2. The molecule has 2 heterocycles. The molecule has 2 fully saturated rings. The van der Waals surface area contributed by atoms with Crippen molar-refractivity contribution in [1.82, 2.24) is 10.6 Å². The van der Waals surface area contributed by atoms with Crippen molar-refractivity contribution in [2.45, 2.75) is 43.1 Å². The smallest absolute Gasteiger partial charge is 0.239 e. The number of unbranched alkanes of at least 4 members (excludes halogenated alkanes) is 2. The van der Waals surface area contributed by atoms with Gasteiger partial charge in [0, 0.05) is 5.92 Å². The molecule has 0 aromatic heterocycles. The first-order valence-electron chi connectivity index (χ1n) is 6.56. The summed E-state index contributed by atoms with van der Waals surface area (Å²) in [7, 11) is 0. The highest BCUT2D eigenvalue weighted by Gasteiger charge is 2.45. The lowest BCUT2D eigenvalue weighted by Gasteiger charge is -2.24. The molecule has 4 nitrogen and oxygen atoms in total. The van der Waals surface area contributed by atoms with Crippen molar-refractivity contribution in [3.8, 4) is 0 Å². The van der Waals surface area contributed by atoms with Crippen LogP contribution < -0.4 is 10.6 Å². The Morgan fingerprint density at radius 2 is 1.55 bits per heavy atom. The summed E-state index contributed by atoms with van der Waals surface area (Å²) in [5, 5.41) is 4.79. The van der Waals surface area contributed by atoms with Gasteiger partial charge in [0.2, 0.25) is 11.8 Å². The van der Waals surface area contributed by atoms with Gasteiger partial charge in [0.25, 0.3) is 0 Å². The van der Waals surface area contributed by atoms with Gasteiger partial charge in [-0.1, -0.05) is 74.1 Å². The highest BCUT2D eigenvalue weighted by molar-refractivity contribution is 8.25. The number of hydrogen-bond donors (Lipinski definition) is 2. The average molecular weight is 349 g/mol. The largest absolute Gasteiger partial charge is 0.311 e. The van der Waals surface area contributed by atoms with Crippen molar-refractivity contribution in [3.63, 3.8) is 0 Å². The van der Waals surface area contributed by atoms with Gasteiger partial charge in [-0.25, -0.2) is 0 Å². The first-order valence-corrected chi connectivity index (χ1v) is 9.13. The van der Waals surface area contributed by atoms with E-state index in [2.05, 4.69) is 17.6 Å². The van der Waals surface area contributed by atoms with E-state index in [0.717, 1.165) is 25.7 Å². The summed E-state index contributed by atoms with van der Waals surface area (Å²) < 4.78 is 1.01. The van der Waals surface area contributed by atoms with Crippen molar-refractivity contribution < 1.29 is 9.59 Å². The molecule has 0 saturated carbocycles. The number of rotatable bonds is 6. The predicted molar refractivity (Wildman–Crippen MR) is 91.9 cm³/mol. The molecule has 0 bridgehead atoms. The minimum atomic E-state index is -0.275. The number of carbonyl (C=O) groups is 2. The van der Waals surface area contributed by atoms with E-state index < -0.39 is 0 Å². The summed E-state index contributed by atoms with van der Waals surface area (Å²) in [5.74, 6) is -0.183. The number of thiocarbonyl (C=S) groups is 2. The molecule has 20 heavy (non-hydrogen) atoms. The van der Waals surface area contributed by atoms with Gasteiger partial charge < -0.3 is 10.6 Å². The quantitative estimate of drug-likeness (QED) is 0.567. The zero-order valence-corrected chi connectivity index (χ0v) is 14.3. The average Bonchev–Trinajstić information content (AvgIpc) is 2.87. The maximum absolute atomic E-state index is 12.0. The number of amides is 2. The van der Waals surface area contributed by atoms with Gasteiger partial charge in [-0.2, -0.15) is 0 Å². The van der Waals surface area contributed by atoms with Crippen molar-refractivity contribution in [2.24, 2.45) is 5.92 Å². The molecule has 2 rings (SSSR count). The van der Waals surface area contributed by atoms with Crippen LogP contribution in [0.5, 0.6) is 0 Å². The molecule has 2 amide bonds. The minimum absolute atomic E-state index is 0.0301. The van der Waals surface area contributed by atoms with Crippen LogP contribution in [0.3, 0.4) is 0 Å². The van der Waals surface area contributed by atoms with E-state index in [0.29, 0.717) is 8.64 Å². The molecule has 0 aliphatic carbocycles. The normalized spacial score (nSPS) is 27.6. The fraction of sp³-hybridized carbons (Fsp3) is 0.667. The van der Waals surface area contributed by atoms with Gasteiger partial charge in [0.1, 0.15) is 8.64 Å². The highest BCUT2D eigenvalue weighted by Crippen LogP contribution is 2.38. The topological polar surface area (TPSA) is 58.2 Å². The van der Waals surface area contributed by atoms with Crippen molar-refractivity contribution >= 4 is 68.4 Å². The summed E-state index contributed by atoms with van der Waals surface area (Å²) in [6.07, 6.45) is 4.06. The van der Waals surface area contributed by atoms with Crippen LogP contribution in [0.25, 0.3) is 0 Å². The number of thioether (sulfide) groups is 2. The van der Waals surface area contributed by atoms with Crippen LogP contribution in [-0.2, 0) is 9.59 Å². The third-order valence-corrected chi connectivity index (χ3v) is 6.40. The Balaban J connectivity index is 2.12. The van der Waals surface area contributed by atoms with Gasteiger partial charge in [-0.3, -0.25) is 9.59 Å². The lowest BCUT2D eigenvalue weighted by atomic mass is 9.92. The zero-order chi connectivity index (χ0) is 14.7. The number of hydrogen-bond acceptors (Lipinski definition) is 6. The standard InChI is InChI=1S/C12H16N2O2S4/c1-2-3-4-5-6(7-9(15)13-11(17)19-7)8-10(16)14-12(18)20-8/h6-8H,2-5H2,1H3,(H,13,15,17)(H,14,16,18). The van der Waals surface area contributed by atoms with E-state index in [1.165, 1.54) is 23.5 Å². The second-order valence-corrected chi connectivity index (χ2v) is 8.43. The van der Waals surface area contributed by atoms with Crippen molar-refractivity contribution in [3.05, 3.63) is 0 Å². The molecular weight excluding hydrogens is 332 g/mol. The SMILES string of the molecule is CCCCCC(C1SC(=S)NC1=O)C1SC(=S)NC1=O. The Labute approximate surface area is 137 Å². The summed E-state index contributed by atoms with van der Waals surface area (Å²) in [6, 6.07) is 0. The van der Waals surface area contributed by atoms with E-state index in [1.54, 1.807) is 0 Å². The molecular formula is C12H16N2O2S4. The van der Waals surface area contributed by atoms with Gasteiger partial charge in [-0.15, -0.1) is 0 Å². The molecule has 2 atom stereocenters. The lowest BCUT2D eigenvalue weighted by Crippen LogP contribution is -2.39. The molecule has 0 spiro atoms. The molecule has 0 aromatic carbocycles. The third-order valence-electron chi connectivity index (χ3n) is 3.35. The van der Waals surface area contributed by atoms with Gasteiger partial charge >= 0.3 is 0 Å². The van der Waals surface area contributed by atoms with Crippen molar-refractivity contribution in [2.75, 3.05) is 0 Å². The summed E-state index contributed by atoms with van der Waals surface area (Å²) >= 11 is 12.8. The van der Waals surface area contributed by atoms with Crippen LogP contribution in [0.1, 0.15) is 32.6 Å². The summed E-state index contributed by atoms with van der Waals surface area (Å²) in [6.45, 7) is 2.13. The van der Waals surface area contributed by atoms with Gasteiger partial charge in [0.05, 0.1) is 10.5 Å². The molecule has 2 N–H and O–H groups in total. The van der Waals surface area contributed by atoms with Gasteiger partial charge in [0.15, 0.2) is 0 Å². The van der Waals surface area contributed by atoms with Crippen LogP contribution in [0.15, 0.2) is 0 Å². The Hall–Kier alpha value is -0.180. The number of carbonyl (C=O) groups excluding carboxylic acids is 2. The molecule has 2 aliphatic rings. The molecule has 2 unspecified atom stereocenters. The predicted octanol–water partition coefficient (Wildman–Crippen LogP) is 2.22. The Bertz CT molecular complexity index is 419. The Morgan fingerprint density at radius 3 is 1.90 bits per heavy atom. The van der Waals surface area contributed by atoms with E-state index >= 15 is 0 Å². The summed E-state index contributed by atoms with van der Waals surface area (Å²) in [5.41, 5.74) is 0. The molecule has 2 aliphatic heterocycles. The Morgan fingerprint density at radius 1 is 1.05 bits per heavy atom.